The highest BCUT2D eigenvalue weighted by Crippen LogP contribution is 2.30. The molecule has 1 fully saturated rings. The second-order valence-electron chi connectivity index (χ2n) is 7.17. The van der Waals surface area contributed by atoms with Gasteiger partial charge in [-0.05, 0) is 36.4 Å². The number of morpholine rings is 1. The van der Waals surface area contributed by atoms with E-state index in [9.17, 15) is 19.7 Å². The second kappa shape index (κ2) is 9.40. The highest BCUT2D eigenvalue weighted by atomic mass is 16.6. The number of nitro benzene ring substituents is 1. The number of carbonyl (C=O) groups excluding carboxylic acids is 2. The maximum absolute atomic E-state index is 12.6. The lowest BCUT2D eigenvalue weighted by molar-refractivity contribution is -0.384. The Morgan fingerprint density at radius 3 is 2.16 bits per heavy atom. The minimum atomic E-state index is -0.719. The van der Waals surface area contributed by atoms with Crippen molar-refractivity contribution in [2.24, 2.45) is 0 Å². The number of ether oxygens (including phenoxy) is 2. The summed E-state index contributed by atoms with van der Waals surface area (Å²) in [6.45, 7) is 2.06. The van der Waals surface area contributed by atoms with Crippen LogP contribution in [-0.2, 0) is 4.74 Å². The Labute approximate surface area is 184 Å². The third-order valence-corrected chi connectivity index (χ3v) is 5.12. The molecule has 0 amide bonds. The van der Waals surface area contributed by atoms with Gasteiger partial charge in [-0.25, -0.2) is 4.79 Å². The molecule has 3 aromatic rings. The molecular formula is C24H20N2O6. The number of hydrogen-bond acceptors (Lipinski definition) is 7. The van der Waals surface area contributed by atoms with Gasteiger partial charge in [0.25, 0.3) is 5.69 Å². The summed E-state index contributed by atoms with van der Waals surface area (Å²) in [7, 11) is 0. The number of rotatable bonds is 6. The van der Waals surface area contributed by atoms with Gasteiger partial charge < -0.3 is 14.4 Å². The molecule has 0 aromatic heterocycles. The van der Waals surface area contributed by atoms with Crippen molar-refractivity contribution in [1.29, 1.82) is 0 Å². The molecule has 1 aliphatic rings. The van der Waals surface area contributed by atoms with Crippen LogP contribution in [-0.4, -0.2) is 43.0 Å². The van der Waals surface area contributed by atoms with Gasteiger partial charge in [0.05, 0.1) is 23.7 Å². The van der Waals surface area contributed by atoms with Crippen molar-refractivity contribution < 1.29 is 24.0 Å². The van der Waals surface area contributed by atoms with E-state index in [4.69, 9.17) is 9.47 Å². The van der Waals surface area contributed by atoms with Gasteiger partial charge in [0.2, 0.25) is 0 Å². The number of hydrogen-bond donors (Lipinski definition) is 0. The lowest BCUT2D eigenvalue weighted by atomic mass is 10.0. The molecule has 1 heterocycles. The van der Waals surface area contributed by atoms with Gasteiger partial charge in [-0.15, -0.1) is 0 Å². The average molecular weight is 432 g/mol. The first-order valence-electron chi connectivity index (χ1n) is 10.1. The third kappa shape index (κ3) is 4.65. The Balaban J connectivity index is 1.49. The Morgan fingerprint density at radius 2 is 1.50 bits per heavy atom. The van der Waals surface area contributed by atoms with Gasteiger partial charge >= 0.3 is 5.97 Å². The van der Waals surface area contributed by atoms with E-state index in [1.54, 1.807) is 42.5 Å². The van der Waals surface area contributed by atoms with E-state index in [2.05, 4.69) is 0 Å². The van der Waals surface area contributed by atoms with E-state index in [-0.39, 0.29) is 22.8 Å². The van der Waals surface area contributed by atoms with Crippen molar-refractivity contribution in [1.82, 2.24) is 0 Å². The third-order valence-electron chi connectivity index (χ3n) is 5.12. The van der Waals surface area contributed by atoms with Crippen LogP contribution < -0.4 is 9.64 Å². The zero-order valence-corrected chi connectivity index (χ0v) is 17.1. The Hall–Kier alpha value is -4.04. The van der Waals surface area contributed by atoms with Gasteiger partial charge in [-0.2, -0.15) is 0 Å². The van der Waals surface area contributed by atoms with E-state index in [1.807, 2.05) is 11.0 Å². The fourth-order valence-electron chi connectivity index (χ4n) is 3.46. The molecule has 32 heavy (non-hydrogen) atoms. The Bertz CT molecular complexity index is 1140. The number of nitrogens with zero attached hydrogens (tertiary/aromatic N) is 2. The van der Waals surface area contributed by atoms with E-state index in [0.29, 0.717) is 43.1 Å². The normalized spacial score (nSPS) is 13.4. The molecule has 0 atom stereocenters. The van der Waals surface area contributed by atoms with Crippen LogP contribution in [0.3, 0.4) is 0 Å². The van der Waals surface area contributed by atoms with Gasteiger partial charge in [-0.1, -0.05) is 30.3 Å². The number of benzene rings is 3. The monoisotopic (exact) mass is 432 g/mol. The first-order chi connectivity index (χ1) is 15.5. The van der Waals surface area contributed by atoms with E-state index in [0.717, 1.165) is 0 Å². The lowest BCUT2D eigenvalue weighted by Gasteiger charge is -2.28. The molecule has 1 saturated heterocycles. The van der Waals surface area contributed by atoms with Crippen LogP contribution >= 0.6 is 0 Å². The first-order valence-corrected chi connectivity index (χ1v) is 10.1. The predicted molar refractivity (Wildman–Crippen MR) is 117 cm³/mol. The number of esters is 1. The Morgan fingerprint density at radius 1 is 0.875 bits per heavy atom. The van der Waals surface area contributed by atoms with E-state index < -0.39 is 10.9 Å². The minimum Gasteiger partial charge on any atom is -0.423 e. The zero-order valence-electron chi connectivity index (χ0n) is 17.1. The van der Waals surface area contributed by atoms with Crippen LogP contribution in [0.5, 0.6) is 5.75 Å². The van der Waals surface area contributed by atoms with Gasteiger partial charge in [0.15, 0.2) is 5.78 Å². The van der Waals surface area contributed by atoms with Gasteiger partial charge in [0.1, 0.15) is 11.4 Å². The summed E-state index contributed by atoms with van der Waals surface area (Å²) < 4.78 is 10.6. The fourth-order valence-corrected chi connectivity index (χ4v) is 3.46. The molecule has 162 valence electrons. The summed E-state index contributed by atoms with van der Waals surface area (Å²) in [4.78, 5) is 38.0. The van der Waals surface area contributed by atoms with Crippen LogP contribution in [0.4, 0.5) is 11.4 Å². The van der Waals surface area contributed by atoms with Crippen LogP contribution in [0, 0.1) is 10.1 Å². The fraction of sp³-hybridized carbons (Fsp3) is 0.167. The lowest BCUT2D eigenvalue weighted by Crippen LogP contribution is -2.36. The Kier molecular flexibility index (Phi) is 6.23. The summed E-state index contributed by atoms with van der Waals surface area (Å²) >= 11 is 0. The highest BCUT2D eigenvalue weighted by Gasteiger charge is 2.24. The summed E-state index contributed by atoms with van der Waals surface area (Å²) in [5.41, 5.74) is 1.37. The molecular weight excluding hydrogens is 412 g/mol. The molecule has 0 bridgehead atoms. The SMILES string of the molecule is O=C(Oc1ccc(C(=O)c2ccccc2)cc1)c1ccc(N2CCOCC2)c([N+](=O)[O-])c1. The number of carbonyl (C=O) groups is 2. The first kappa shape index (κ1) is 21.2. The number of ketones is 1. The quantitative estimate of drug-likeness (QED) is 0.192. The van der Waals surface area contributed by atoms with Gasteiger partial charge in [0, 0.05) is 30.3 Å². The number of nitro groups is 1. The molecule has 0 aliphatic carbocycles. The molecule has 8 heteroatoms. The summed E-state index contributed by atoms with van der Waals surface area (Å²) in [6.07, 6.45) is 0. The molecule has 3 aromatic carbocycles. The summed E-state index contributed by atoms with van der Waals surface area (Å²) in [5.74, 6) is -0.624. The van der Waals surface area contributed by atoms with Crippen molar-refractivity contribution in [3.8, 4) is 5.75 Å². The molecule has 0 unspecified atom stereocenters. The van der Waals surface area contributed by atoms with Crippen molar-refractivity contribution >= 4 is 23.1 Å². The molecule has 0 saturated carbocycles. The van der Waals surface area contributed by atoms with Gasteiger partial charge in [-0.3, -0.25) is 14.9 Å². The smallest absolute Gasteiger partial charge is 0.343 e. The number of anilines is 1. The zero-order chi connectivity index (χ0) is 22.5. The molecule has 0 N–H and O–H groups in total. The van der Waals surface area contributed by atoms with Crippen molar-refractivity contribution in [2.45, 2.75) is 0 Å². The van der Waals surface area contributed by atoms with Crippen LogP contribution in [0.1, 0.15) is 26.3 Å². The highest BCUT2D eigenvalue weighted by molar-refractivity contribution is 6.09. The molecule has 1 aliphatic heterocycles. The van der Waals surface area contributed by atoms with E-state index >= 15 is 0 Å². The maximum Gasteiger partial charge on any atom is 0.343 e. The maximum atomic E-state index is 12.6. The van der Waals surface area contributed by atoms with Crippen molar-refractivity contribution in [3.05, 3.63) is 99.6 Å². The van der Waals surface area contributed by atoms with Crippen molar-refractivity contribution in [3.63, 3.8) is 0 Å². The summed E-state index contributed by atoms with van der Waals surface area (Å²) in [5, 5.41) is 11.6. The van der Waals surface area contributed by atoms with Crippen LogP contribution in [0.25, 0.3) is 0 Å². The minimum absolute atomic E-state index is 0.0677. The standard InChI is InChI=1S/C24H20N2O6/c27-23(17-4-2-1-3-5-17)18-6-9-20(10-7-18)32-24(28)19-8-11-21(22(16-19)26(29)30)25-12-14-31-15-13-25/h1-11,16H,12-15H2. The molecule has 0 spiro atoms. The van der Waals surface area contributed by atoms with Crippen molar-refractivity contribution in [2.75, 3.05) is 31.2 Å². The predicted octanol–water partition coefficient (Wildman–Crippen LogP) is 3.88. The summed E-state index contributed by atoms with van der Waals surface area (Å²) in [6, 6.07) is 19.3. The van der Waals surface area contributed by atoms with E-state index in [1.165, 1.54) is 24.3 Å². The second-order valence-corrected chi connectivity index (χ2v) is 7.17. The molecule has 4 rings (SSSR count). The molecule has 0 radical (unpaired) electrons. The largest absolute Gasteiger partial charge is 0.423 e. The average Bonchev–Trinajstić information content (AvgIpc) is 2.84. The van der Waals surface area contributed by atoms with Crippen LogP contribution in [0.15, 0.2) is 72.8 Å². The topological polar surface area (TPSA) is 99.0 Å². The molecule has 8 nitrogen and oxygen atoms in total. The van der Waals surface area contributed by atoms with Crippen LogP contribution in [0.2, 0.25) is 0 Å².